The Morgan fingerprint density at radius 3 is 2.47 bits per heavy atom. The average molecular weight is 225 g/mol. The Kier molecular flexibility index (Phi) is 3.59. The predicted molar refractivity (Wildman–Crippen MR) is 47.0 cm³/mol. The summed E-state index contributed by atoms with van der Waals surface area (Å²) in [6.07, 6.45) is -5.24. The largest absolute Gasteiger partial charge is 0.416 e. The first-order valence-corrected chi connectivity index (χ1v) is 4.85. The molecule has 0 saturated heterocycles. The van der Waals surface area contributed by atoms with Crippen molar-refractivity contribution in [2.24, 2.45) is 11.8 Å². The normalized spacial score (nSPS) is 20.9. The summed E-state index contributed by atoms with van der Waals surface area (Å²) in [6, 6.07) is 0. The number of hydrogen-bond acceptors (Lipinski definition) is 2. The van der Waals surface area contributed by atoms with Crippen LogP contribution in [0.15, 0.2) is 0 Å². The van der Waals surface area contributed by atoms with Crippen LogP contribution in [0.3, 0.4) is 0 Å². The van der Waals surface area contributed by atoms with E-state index >= 15 is 0 Å². The van der Waals surface area contributed by atoms with E-state index < -0.39 is 24.7 Å². The first-order valence-electron chi connectivity index (χ1n) is 4.85. The molecule has 0 bridgehead atoms. The molecule has 0 heterocycles. The van der Waals surface area contributed by atoms with Gasteiger partial charge >= 0.3 is 6.18 Å². The van der Waals surface area contributed by atoms with E-state index in [4.69, 9.17) is 5.11 Å². The lowest BCUT2D eigenvalue weighted by Crippen LogP contribution is -2.42. The molecule has 88 valence electrons. The van der Waals surface area contributed by atoms with Crippen LogP contribution in [0.25, 0.3) is 0 Å². The lowest BCUT2D eigenvalue weighted by molar-refractivity contribution is -0.202. The summed E-state index contributed by atoms with van der Waals surface area (Å²) in [5, 5.41) is 10.7. The van der Waals surface area contributed by atoms with Crippen molar-refractivity contribution in [1.29, 1.82) is 0 Å². The van der Waals surface area contributed by atoms with Gasteiger partial charge in [0.25, 0.3) is 0 Å². The highest BCUT2D eigenvalue weighted by Crippen LogP contribution is 2.36. The van der Waals surface area contributed by atoms with Crippen molar-refractivity contribution in [3.8, 4) is 0 Å². The highest BCUT2D eigenvalue weighted by Gasteiger charge is 2.39. The maximum absolute atomic E-state index is 11.9. The Bertz CT molecular complexity index is 238. The van der Waals surface area contributed by atoms with E-state index in [2.05, 4.69) is 5.32 Å². The Hall–Kier alpha value is -0.780. The third kappa shape index (κ3) is 3.70. The number of carbonyl (C=O) groups is 1. The molecule has 1 aliphatic carbocycles. The second kappa shape index (κ2) is 4.38. The number of aliphatic hydroxyl groups is 1. The number of hydrogen-bond donors (Lipinski definition) is 2. The highest BCUT2D eigenvalue weighted by molar-refractivity contribution is 5.78. The molecule has 2 N–H and O–H groups in total. The lowest BCUT2D eigenvalue weighted by Gasteiger charge is -2.16. The van der Waals surface area contributed by atoms with E-state index in [1.165, 1.54) is 0 Å². The standard InChI is InChI=1S/C9H14F3NO2/c1-5(6-2-3-6)8(15)13-4-7(14)9(10,11)12/h5-7,14H,2-4H2,1H3,(H,13,15). The molecule has 6 heteroatoms. The van der Waals surface area contributed by atoms with Gasteiger partial charge in [-0.25, -0.2) is 0 Å². The second-order valence-corrected chi connectivity index (χ2v) is 3.93. The molecule has 1 aliphatic rings. The molecule has 1 amide bonds. The van der Waals surface area contributed by atoms with Gasteiger partial charge in [0.2, 0.25) is 5.91 Å². The van der Waals surface area contributed by atoms with Crippen molar-refractivity contribution in [3.05, 3.63) is 0 Å². The summed E-state index contributed by atoms with van der Waals surface area (Å²) < 4.78 is 35.6. The Morgan fingerprint density at radius 2 is 2.07 bits per heavy atom. The molecule has 2 unspecified atom stereocenters. The second-order valence-electron chi connectivity index (χ2n) is 3.93. The molecular weight excluding hydrogens is 211 g/mol. The quantitative estimate of drug-likeness (QED) is 0.752. The zero-order valence-corrected chi connectivity index (χ0v) is 8.34. The number of rotatable bonds is 4. The monoisotopic (exact) mass is 225 g/mol. The summed E-state index contributed by atoms with van der Waals surface area (Å²) in [4.78, 5) is 11.3. The Morgan fingerprint density at radius 1 is 1.53 bits per heavy atom. The van der Waals surface area contributed by atoms with E-state index in [0.717, 1.165) is 12.8 Å². The van der Waals surface area contributed by atoms with Gasteiger partial charge in [-0.05, 0) is 18.8 Å². The predicted octanol–water partition coefficient (Wildman–Crippen LogP) is 1.07. The zero-order chi connectivity index (χ0) is 11.6. The summed E-state index contributed by atoms with van der Waals surface area (Å²) in [5.74, 6) is -0.376. The van der Waals surface area contributed by atoms with Crippen LogP contribution in [0, 0.1) is 11.8 Å². The number of halogens is 3. The smallest absolute Gasteiger partial charge is 0.382 e. The Labute approximate surface area is 85.7 Å². The van der Waals surface area contributed by atoms with Crippen LogP contribution in [0.5, 0.6) is 0 Å². The van der Waals surface area contributed by atoms with E-state index in [9.17, 15) is 18.0 Å². The van der Waals surface area contributed by atoms with Crippen molar-refractivity contribution in [2.75, 3.05) is 6.54 Å². The van der Waals surface area contributed by atoms with Crippen molar-refractivity contribution >= 4 is 5.91 Å². The fourth-order valence-electron chi connectivity index (χ4n) is 1.28. The van der Waals surface area contributed by atoms with Crippen LogP contribution in [0.2, 0.25) is 0 Å². The van der Waals surface area contributed by atoms with E-state index in [0.29, 0.717) is 5.92 Å². The van der Waals surface area contributed by atoms with Crippen molar-refractivity contribution in [2.45, 2.75) is 32.0 Å². The molecule has 0 aromatic carbocycles. The molecule has 0 radical (unpaired) electrons. The van der Waals surface area contributed by atoms with Crippen LogP contribution in [-0.2, 0) is 4.79 Å². The maximum Gasteiger partial charge on any atom is 0.416 e. The summed E-state index contributed by atoms with van der Waals surface area (Å²) in [5.41, 5.74) is 0. The molecule has 0 aliphatic heterocycles. The first-order chi connectivity index (χ1) is 6.82. The minimum atomic E-state index is -4.67. The van der Waals surface area contributed by atoms with Crippen molar-refractivity contribution in [1.82, 2.24) is 5.32 Å². The molecular formula is C9H14F3NO2. The number of carbonyl (C=O) groups excluding carboxylic acids is 1. The van der Waals surface area contributed by atoms with Crippen molar-refractivity contribution in [3.63, 3.8) is 0 Å². The van der Waals surface area contributed by atoms with Gasteiger partial charge in [-0.3, -0.25) is 4.79 Å². The molecule has 3 nitrogen and oxygen atoms in total. The maximum atomic E-state index is 11.9. The van der Waals surface area contributed by atoms with Gasteiger partial charge in [0.05, 0.1) is 6.54 Å². The average Bonchev–Trinajstić information content (AvgIpc) is 2.93. The van der Waals surface area contributed by atoms with Crippen LogP contribution in [-0.4, -0.2) is 29.8 Å². The third-order valence-corrected chi connectivity index (χ3v) is 2.59. The minimum Gasteiger partial charge on any atom is -0.382 e. The molecule has 15 heavy (non-hydrogen) atoms. The number of alkyl halides is 3. The van der Waals surface area contributed by atoms with Gasteiger partial charge in [0.1, 0.15) is 0 Å². The van der Waals surface area contributed by atoms with Gasteiger partial charge in [0, 0.05) is 5.92 Å². The summed E-state index contributed by atoms with van der Waals surface area (Å²) in [7, 11) is 0. The molecule has 0 spiro atoms. The molecule has 0 aromatic heterocycles. The topological polar surface area (TPSA) is 49.3 Å². The van der Waals surface area contributed by atoms with Crippen LogP contribution >= 0.6 is 0 Å². The number of aliphatic hydroxyl groups excluding tert-OH is 1. The van der Waals surface area contributed by atoms with E-state index in [1.54, 1.807) is 6.92 Å². The summed E-state index contributed by atoms with van der Waals surface area (Å²) in [6.45, 7) is 0.923. The van der Waals surface area contributed by atoms with Gasteiger partial charge in [0.15, 0.2) is 6.10 Å². The lowest BCUT2D eigenvalue weighted by atomic mass is 10.1. The van der Waals surface area contributed by atoms with Crippen LogP contribution in [0.4, 0.5) is 13.2 Å². The number of nitrogens with one attached hydrogen (secondary N) is 1. The van der Waals surface area contributed by atoms with Crippen LogP contribution < -0.4 is 5.32 Å². The third-order valence-electron chi connectivity index (χ3n) is 2.59. The number of amides is 1. The Balaban J connectivity index is 2.27. The fraction of sp³-hybridized carbons (Fsp3) is 0.889. The molecule has 1 rings (SSSR count). The molecule has 1 fully saturated rings. The van der Waals surface area contributed by atoms with Gasteiger partial charge in [-0.1, -0.05) is 6.92 Å². The van der Waals surface area contributed by atoms with E-state index in [1.807, 2.05) is 0 Å². The highest BCUT2D eigenvalue weighted by atomic mass is 19.4. The minimum absolute atomic E-state index is 0.259. The molecule has 0 aromatic rings. The summed E-state index contributed by atoms with van der Waals surface area (Å²) >= 11 is 0. The first kappa shape index (κ1) is 12.3. The zero-order valence-electron chi connectivity index (χ0n) is 8.34. The van der Waals surface area contributed by atoms with Crippen molar-refractivity contribution < 1.29 is 23.1 Å². The molecule has 2 atom stereocenters. The van der Waals surface area contributed by atoms with Gasteiger partial charge < -0.3 is 10.4 Å². The molecule has 1 saturated carbocycles. The van der Waals surface area contributed by atoms with Gasteiger partial charge in [-0.2, -0.15) is 13.2 Å². The van der Waals surface area contributed by atoms with Crippen LogP contribution in [0.1, 0.15) is 19.8 Å². The fourth-order valence-corrected chi connectivity index (χ4v) is 1.28. The SMILES string of the molecule is CC(C(=O)NCC(O)C(F)(F)F)C1CC1. The van der Waals surface area contributed by atoms with E-state index in [-0.39, 0.29) is 5.92 Å². The van der Waals surface area contributed by atoms with Gasteiger partial charge in [-0.15, -0.1) is 0 Å².